The molecule has 0 spiro atoms. The summed E-state index contributed by atoms with van der Waals surface area (Å²) < 4.78 is 0. The zero-order valence-electron chi connectivity index (χ0n) is 6.57. The SMILES string of the molecule is Nc1ccc2ccccc2n1.[Al]. The maximum absolute atomic E-state index is 5.51. The van der Waals surface area contributed by atoms with Gasteiger partial charge in [0.05, 0.1) is 5.52 Å². The molecule has 0 aliphatic rings. The highest BCUT2D eigenvalue weighted by Gasteiger charge is 1.91. The summed E-state index contributed by atoms with van der Waals surface area (Å²) in [5.41, 5.74) is 6.46. The molecule has 12 heavy (non-hydrogen) atoms. The van der Waals surface area contributed by atoms with Gasteiger partial charge in [0.15, 0.2) is 0 Å². The topological polar surface area (TPSA) is 38.9 Å². The number of rotatable bonds is 0. The van der Waals surface area contributed by atoms with Gasteiger partial charge in [-0.3, -0.25) is 0 Å². The molecule has 2 nitrogen and oxygen atoms in total. The summed E-state index contributed by atoms with van der Waals surface area (Å²) in [6.07, 6.45) is 0. The molecule has 57 valence electrons. The summed E-state index contributed by atoms with van der Waals surface area (Å²) in [6.45, 7) is 0. The van der Waals surface area contributed by atoms with E-state index in [2.05, 4.69) is 4.98 Å². The van der Waals surface area contributed by atoms with Crippen molar-refractivity contribution >= 4 is 34.1 Å². The number of hydrogen-bond acceptors (Lipinski definition) is 2. The molecule has 0 fully saturated rings. The summed E-state index contributed by atoms with van der Waals surface area (Å²) in [5.74, 6) is 0.573. The fraction of sp³-hybridized carbons (Fsp3) is 0. The van der Waals surface area contributed by atoms with Crippen molar-refractivity contribution in [2.75, 3.05) is 5.73 Å². The Morgan fingerprint density at radius 2 is 1.75 bits per heavy atom. The molecule has 0 unspecified atom stereocenters. The maximum atomic E-state index is 5.51. The zero-order valence-corrected chi connectivity index (χ0v) is 7.72. The third kappa shape index (κ3) is 1.58. The molecule has 1 aromatic heterocycles. The summed E-state index contributed by atoms with van der Waals surface area (Å²) in [4.78, 5) is 4.15. The quantitative estimate of drug-likeness (QED) is 0.609. The van der Waals surface area contributed by atoms with Gasteiger partial charge in [0, 0.05) is 22.7 Å². The number of benzene rings is 1. The molecule has 0 saturated carbocycles. The second kappa shape index (κ2) is 3.57. The highest BCUT2D eigenvalue weighted by Crippen LogP contribution is 2.11. The number of hydrogen-bond donors (Lipinski definition) is 1. The van der Waals surface area contributed by atoms with E-state index in [-0.39, 0.29) is 17.4 Å². The van der Waals surface area contributed by atoms with Gasteiger partial charge in [-0.15, -0.1) is 0 Å². The average Bonchev–Trinajstić information content (AvgIpc) is 2.04. The molecular formula is C9H8AlN2. The highest BCUT2D eigenvalue weighted by atomic mass is 27.0. The van der Waals surface area contributed by atoms with Gasteiger partial charge >= 0.3 is 0 Å². The lowest BCUT2D eigenvalue weighted by molar-refractivity contribution is 1.42. The minimum atomic E-state index is 0. The lowest BCUT2D eigenvalue weighted by atomic mass is 10.2. The number of anilines is 1. The van der Waals surface area contributed by atoms with E-state index in [1.165, 1.54) is 0 Å². The second-order valence-corrected chi connectivity index (χ2v) is 2.43. The van der Waals surface area contributed by atoms with Crippen LogP contribution in [-0.2, 0) is 0 Å². The number of aromatic nitrogens is 1. The Hall–Kier alpha value is -1.04. The second-order valence-electron chi connectivity index (χ2n) is 2.43. The molecule has 0 atom stereocenters. The largest absolute Gasteiger partial charge is 0.384 e. The zero-order chi connectivity index (χ0) is 7.68. The number of nitrogens with zero attached hydrogens (tertiary/aromatic N) is 1. The van der Waals surface area contributed by atoms with Crippen LogP contribution in [0.3, 0.4) is 0 Å². The van der Waals surface area contributed by atoms with Crippen LogP contribution in [0.2, 0.25) is 0 Å². The number of fused-ring (bicyclic) bond motifs is 1. The van der Waals surface area contributed by atoms with Crippen LogP contribution in [0.4, 0.5) is 5.82 Å². The van der Waals surface area contributed by atoms with Gasteiger partial charge in [0.2, 0.25) is 0 Å². The highest BCUT2D eigenvalue weighted by molar-refractivity contribution is 5.79. The van der Waals surface area contributed by atoms with Crippen molar-refractivity contribution in [2.24, 2.45) is 0 Å². The van der Waals surface area contributed by atoms with Crippen molar-refractivity contribution in [1.82, 2.24) is 4.98 Å². The first-order valence-electron chi connectivity index (χ1n) is 3.47. The molecule has 2 rings (SSSR count). The summed E-state index contributed by atoms with van der Waals surface area (Å²) >= 11 is 0. The first kappa shape index (κ1) is 9.05. The van der Waals surface area contributed by atoms with E-state index in [1.807, 2.05) is 36.4 Å². The third-order valence-corrected chi connectivity index (χ3v) is 1.62. The van der Waals surface area contributed by atoms with E-state index in [4.69, 9.17) is 5.73 Å². The lowest BCUT2D eigenvalue weighted by Crippen LogP contribution is -1.88. The van der Waals surface area contributed by atoms with Gasteiger partial charge in [-0.05, 0) is 18.2 Å². The maximum Gasteiger partial charge on any atom is 0.124 e. The Balaban J connectivity index is 0.000000720. The fourth-order valence-electron chi connectivity index (χ4n) is 1.08. The van der Waals surface area contributed by atoms with Crippen molar-refractivity contribution in [3.05, 3.63) is 36.4 Å². The van der Waals surface area contributed by atoms with Crippen molar-refractivity contribution in [2.45, 2.75) is 0 Å². The monoisotopic (exact) mass is 171 g/mol. The fourth-order valence-corrected chi connectivity index (χ4v) is 1.08. The molecule has 3 heteroatoms. The minimum Gasteiger partial charge on any atom is -0.384 e. The predicted octanol–water partition coefficient (Wildman–Crippen LogP) is 1.44. The standard InChI is InChI=1S/C9H8N2.Al/c10-9-6-5-7-3-1-2-4-8(7)11-9;/h1-6H,(H2,10,11);. The normalized spacial score (nSPS) is 9.33. The van der Waals surface area contributed by atoms with Crippen LogP contribution in [0.15, 0.2) is 36.4 Å². The van der Waals surface area contributed by atoms with Crippen LogP contribution in [0.5, 0.6) is 0 Å². The molecule has 2 aromatic rings. The van der Waals surface area contributed by atoms with Crippen molar-refractivity contribution in [3.63, 3.8) is 0 Å². The molecule has 0 aliphatic carbocycles. The molecule has 2 N–H and O–H groups in total. The first-order chi connectivity index (χ1) is 5.36. The average molecular weight is 171 g/mol. The molecule has 0 saturated heterocycles. The number of nitrogens with two attached hydrogens (primary N) is 1. The van der Waals surface area contributed by atoms with E-state index < -0.39 is 0 Å². The van der Waals surface area contributed by atoms with Gasteiger partial charge in [-0.2, -0.15) is 0 Å². The van der Waals surface area contributed by atoms with Gasteiger partial charge in [-0.25, -0.2) is 4.98 Å². The van der Waals surface area contributed by atoms with Crippen LogP contribution in [0, 0.1) is 0 Å². The number of para-hydroxylation sites is 1. The van der Waals surface area contributed by atoms with Crippen molar-refractivity contribution < 1.29 is 0 Å². The number of nitrogen functional groups attached to an aromatic ring is 1. The van der Waals surface area contributed by atoms with E-state index in [1.54, 1.807) is 0 Å². The third-order valence-electron chi connectivity index (χ3n) is 1.62. The van der Waals surface area contributed by atoms with Crippen LogP contribution >= 0.6 is 0 Å². The van der Waals surface area contributed by atoms with Gasteiger partial charge in [0.1, 0.15) is 5.82 Å². The van der Waals surface area contributed by atoms with Crippen molar-refractivity contribution in [1.29, 1.82) is 0 Å². The molecule has 0 bridgehead atoms. The Morgan fingerprint density at radius 1 is 1.00 bits per heavy atom. The van der Waals surface area contributed by atoms with E-state index in [0.717, 1.165) is 10.9 Å². The summed E-state index contributed by atoms with van der Waals surface area (Å²) in [6, 6.07) is 11.7. The van der Waals surface area contributed by atoms with Crippen LogP contribution in [0.25, 0.3) is 10.9 Å². The molecule has 0 aliphatic heterocycles. The number of pyridine rings is 1. The Morgan fingerprint density at radius 3 is 2.58 bits per heavy atom. The van der Waals surface area contributed by atoms with E-state index in [9.17, 15) is 0 Å². The van der Waals surface area contributed by atoms with Crippen LogP contribution < -0.4 is 5.73 Å². The van der Waals surface area contributed by atoms with E-state index in [0.29, 0.717) is 5.82 Å². The molecule has 3 radical (unpaired) electrons. The molecule has 1 heterocycles. The van der Waals surface area contributed by atoms with Gasteiger partial charge < -0.3 is 5.73 Å². The van der Waals surface area contributed by atoms with Crippen LogP contribution in [-0.4, -0.2) is 22.3 Å². The summed E-state index contributed by atoms with van der Waals surface area (Å²) in [7, 11) is 0. The Bertz CT molecular complexity index is 387. The molecule has 0 amide bonds. The predicted molar refractivity (Wildman–Crippen MR) is 51.9 cm³/mol. The van der Waals surface area contributed by atoms with Crippen molar-refractivity contribution in [3.8, 4) is 0 Å². The molecule has 1 aromatic carbocycles. The first-order valence-corrected chi connectivity index (χ1v) is 3.47. The van der Waals surface area contributed by atoms with E-state index >= 15 is 0 Å². The lowest BCUT2D eigenvalue weighted by Gasteiger charge is -1.95. The van der Waals surface area contributed by atoms with Gasteiger partial charge in [0.25, 0.3) is 0 Å². The Kier molecular flexibility index (Phi) is 2.70. The Labute approximate surface area is 81.5 Å². The smallest absolute Gasteiger partial charge is 0.124 e. The van der Waals surface area contributed by atoms with Gasteiger partial charge in [-0.1, -0.05) is 18.2 Å². The van der Waals surface area contributed by atoms with Crippen LogP contribution in [0.1, 0.15) is 0 Å². The molecular weight excluding hydrogens is 163 g/mol. The minimum absolute atomic E-state index is 0. The summed E-state index contributed by atoms with van der Waals surface area (Å²) in [5, 5.41) is 1.13.